The van der Waals surface area contributed by atoms with Crippen molar-refractivity contribution in [3.05, 3.63) is 161 Å². The van der Waals surface area contributed by atoms with E-state index in [2.05, 4.69) is 113 Å². The molecule has 0 N–H and O–H groups in total. The summed E-state index contributed by atoms with van der Waals surface area (Å²) in [5.74, 6) is 1.53. The van der Waals surface area contributed by atoms with Crippen LogP contribution in [0, 0.1) is 0 Å². The van der Waals surface area contributed by atoms with Crippen LogP contribution in [0.2, 0.25) is 0 Å². The molecule has 224 valence electrons. The third kappa shape index (κ3) is 4.95. The van der Waals surface area contributed by atoms with E-state index >= 15 is 0 Å². The van der Waals surface area contributed by atoms with Crippen LogP contribution in [0.4, 0.5) is 0 Å². The fourth-order valence-corrected chi connectivity index (χ4v) is 6.62. The smallest absolute Gasteiger partial charge is 0.129 e. The summed E-state index contributed by atoms with van der Waals surface area (Å²) in [6.45, 7) is 13.7. The molecular formula is C41H39N3O. The minimum Gasteiger partial charge on any atom is -0.457 e. The lowest BCUT2D eigenvalue weighted by Gasteiger charge is -2.34. The number of nitrogens with zero attached hydrogens (tertiary/aromatic N) is 3. The summed E-state index contributed by atoms with van der Waals surface area (Å²) in [6, 6.07) is 38.8. The van der Waals surface area contributed by atoms with Crippen LogP contribution in [0.25, 0.3) is 16.8 Å². The summed E-state index contributed by atoms with van der Waals surface area (Å²) in [5.41, 5.74) is 10.0. The lowest BCUT2D eigenvalue weighted by molar-refractivity contribution is 0.480. The standard InChI is InChI=1S/C41H39N3O/c1-39(2,3)28-17-19-34-35-20-18-29(40(4,5)6)26-37(35)41(36(34)25-28,38-16-7-8-21-42-38)30-12-9-14-32(24-30)45-33-15-10-13-31(27-33)44-23-11-22-43-44/h7-27H,1-6H3. The Balaban J connectivity index is 1.47. The summed E-state index contributed by atoms with van der Waals surface area (Å²) in [7, 11) is 0. The number of ether oxygens (including phenoxy) is 1. The van der Waals surface area contributed by atoms with Gasteiger partial charge >= 0.3 is 0 Å². The molecule has 0 spiro atoms. The molecule has 0 bridgehead atoms. The molecule has 2 aromatic heterocycles. The molecule has 4 heteroatoms. The zero-order chi connectivity index (χ0) is 31.4. The van der Waals surface area contributed by atoms with E-state index in [1.54, 1.807) is 6.20 Å². The number of rotatable bonds is 5. The van der Waals surface area contributed by atoms with Crippen molar-refractivity contribution in [3.63, 3.8) is 0 Å². The molecule has 0 radical (unpaired) electrons. The second kappa shape index (κ2) is 10.6. The minimum atomic E-state index is -0.634. The van der Waals surface area contributed by atoms with Crippen molar-refractivity contribution in [2.24, 2.45) is 0 Å². The van der Waals surface area contributed by atoms with Crippen LogP contribution in [-0.4, -0.2) is 14.8 Å². The maximum atomic E-state index is 6.57. The molecule has 0 saturated heterocycles. The molecule has 6 aromatic rings. The lowest BCUT2D eigenvalue weighted by atomic mass is 9.68. The molecule has 0 fully saturated rings. The lowest BCUT2D eigenvalue weighted by Crippen LogP contribution is -2.30. The molecule has 1 aliphatic carbocycles. The average molecular weight is 590 g/mol. The van der Waals surface area contributed by atoms with E-state index in [0.29, 0.717) is 0 Å². The molecule has 0 saturated carbocycles. The van der Waals surface area contributed by atoms with E-state index in [0.717, 1.165) is 28.4 Å². The molecule has 4 aromatic carbocycles. The summed E-state index contributed by atoms with van der Waals surface area (Å²) >= 11 is 0. The van der Waals surface area contributed by atoms with Gasteiger partial charge < -0.3 is 4.74 Å². The maximum Gasteiger partial charge on any atom is 0.129 e. The van der Waals surface area contributed by atoms with Crippen LogP contribution in [0.5, 0.6) is 11.5 Å². The van der Waals surface area contributed by atoms with Gasteiger partial charge in [0.05, 0.1) is 16.8 Å². The van der Waals surface area contributed by atoms with Gasteiger partial charge in [-0.3, -0.25) is 4.98 Å². The van der Waals surface area contributed by atoms with E-state index in [4.69, 9.17) is 9.72 Å². The molecule has 45 heavy (non-hydrogen) atoms. The fraction of sp³-hybridized carbons (Fsp3) is 0.220. The first-order valence-corrected chi connectivity index (χ1v) is 15.7. The Morgan fingerprint density at radius 2 is 1.24 bits per heavy atom. The molecule has 0 atom stereocenters. The van der Waals surface area contributed by atoms with E-state index in [1.165, 1.54) is 33.4 Å². The van der Waals surface area contributed by atoms with Gasteiger partial charge in [0, 0.05) is 24.7 Å². The summed E-state index contributed by atoms with van der Waals surface area (Å²) in [5, 5.41) is 4.39. The Labute approximate surface area is 266 Å². The largest absolute Gasteiger partial charge is 0.457 e. The van der Waals surface area contributed by atoms with Gasteiger partial charge in [-0.25, -0.2) is 4.68 Å². The van der Waals surface area contributed by atoms with E-state index < -0.39 is 5.41 Å². The number of hydrogen-bond acceptors (Lipinski definition) is 3. The fourth-order valence-electron chi connectivity index (χ4n) is 6.62. The van der Waals surface area contributed by atoms with Crippen molar-refractivity contribution in [1.29, 1.82) is 0 Å². The van der Waals surface area contributed by atoms with Crippen molar-refractivity contribution in [2.75, 3.05) is 0 Å². The Hall–Kier alpha value is -4.96. The summed E-state index contributed by atoms with van der Waals surface area (Å²) in [6.07, 6.45) is 5.63. The molecular weight excluding hydrogens is 550 g/mol. The van der Waals surface area contributed by atoms with Crippen LogP contribution in [0.15, 0.2) is 128 Å². The van der Waals surface area contributed by atoms with Gasteiger partial charge in [0.2, 0.25) is 0 Å². The summed E-state index contributed by atoms with van der Waals surface area (Å²) in [4.78, 5) is 5.09. The minimum absolute atomic E-state index is 0.0131. The number of aromatic nitrogens is 3. The van der Waals surface area contributed by atoms with Gasteiger partial charge in [0.15, 0.2) is 0 Å². The average Bonchev–Trinajstić information content (AvgIpc) is 3.66. The first-order chi connectivity index (χ1) is 21.5. The van der Waals surface area contributed by atoms with Gasteiger partial charge in [0.1, 0.15) is 11.5 Å². The highest BCUT2D eigenvalue weighted by Gasteiger charge is 2.48. The zero-order valence-electron chi connectivity index (χ0n) is 26.9. The van der Waals surface area contributed by atoms with Gasteiger partial charge in [-0.15, -0.1) is 0 Å². The predicted molar refractivity (Wildman–Crippen MR) is 183 cm³/mol. The number of benzene rings is 4. The quantitative estimate of drug-likeness (QED) is 0.201. The molecule has 0 unspecified atom stereocenters. The van der Waals surface area contributed by atoms with Crippen LogP contribution < -0.4 is 4.74 Å². The van der Waals surface area contributed by atoms with Crippen LogP contribution in [0.1, 0.15) is 75.1 Å². The molecule has 1 aliphatic rings. The highest BCUT2D eigenvalue weighted by Crippen LogP contribution is 2.57. The van der Waals surface area contributed by atoms with Crippen LogP contribution in [-0.2, 0) is 16.2 Å². The van der Waals surface area contributed by atoms with Gasteiger partial charge in [0.25, 0.3) is 0 Å². The third-order valence-corrected chi connectivity index (χ3v) is 9.01. The van der Waals surface area contributed by atoms with Crippen molar-refractivity contribution in [2.45, 2.75) is 57.8 Å². The topological polar surface area (TPSA) is 39.9 Å². The number of pyridine rings is 1. The molecule has 7 rings (SSSR count). The second-order valence-electron chi connectivity index (χ2n) is 14.1. The highest BCUT2D eigenvalue weighted by molar-refractivity contribution is 5.86. The van der Waals surface area contributed by atoms with Crippen LogP contribution in [0.3, 0.4) is 0 Å². The molecule has 0 amide bonds. The molecule has 0 aliphatic heterocycles. The Bertz CT molecular complexity index is 1930. The number of hydrogen-bond donors (Lipinski definition) is 0. The molecule has 2 heterocycles. The second-order valence-corrected chi connectivity index (χ2v) is 14.1. The highest BCUT2D eigenvalue weighted by atomic mass is 16.5. The van der Waals surface area contributed by atoms with Crippen molar-refractivity contribution >= 4 is 0 Å². The van der Waals surface area contributed by atoms with Crippen molar-refractivity contribution in [1.82, 2.24) is 14.8 Å². The normalized spacial score (nSPS) is 13.7. The third-order valence-electron chi connectivity index (χ3n) is 9.01. The predicted octanol–water partition coefficient (Wildman–Crippen LogP) is 10.0. The monoisotopic (exact) mass is 589 g/mol. The van der Waals surface area contributed by atoms with Crippen molar-refractivity contribution in [3.8, 4) is 28.3 Å². The van der Waals surface area contributed by atoms with Gasteiger partial charge in [-0.2, -0.15) is 5.10 Å². The number of fused-ring (bicyclic) bond motifs is 3. The first-order valence-electron chi connectivity index (χ1n) is 15.7. The summed E-state index contributed by atoms with van der Waals surface area (Å²) < 4.78 is 8.41. The van der Waals surface area contributed by atoms with E-state index in [9.17, 15) is 0 Å². The zero-order valence-corrected chi connectivity index (χ0v) is 26.9. The maximum absolute atomic E-state index is 6.57. The van der Waals surface area contributed by atoms with Gasteiger partial charge in [-0.05, 0) is 92.2 Å². The van der Waals surface area contributed by atoms with E-state index in [1.807, 2.05) is 59.5 Å². The first kappa shape index (κ1) is 28.8. The molecule has 4 nitrogen and oxygen atoms in total. The van der Waals surface area contributed by atoms with Crippen LogP contribution >= 0.6 is 0 Å². The van der Waals surface area contributed by atoms with Crippen molar-refractivity contribution < 1.29 is 4.74 Å². The Morgan fingerprint density at radius 3 is 1.82 bits per heavy atom. The Kier molecular flexibility index (Phi) is 6.77. The SMILES string of the molecule is CC(C)(C)c1ccc2c(c1)C(c1cccc(Oc3cccc(-n4cccn4)c3)c1)(c1ccccn1)c1cc(C(C)(C)C)ccc1-2. The van der Waals surface area contributed by atoms with Gasteiger partial charge in [-0.1, -0.05) is 102 Å². The van der Waals surface area contributed by atoms with E-state index in [-0.39, 0.29) is 10.8 Å². The Morgan fingerprint density at radius 1 is 0.600 bits per heavy atom.